The Labute approximate surface area is 126 Å². The van der Waals surface area contributed by atoms with Crippen LogP contribution in [0.5, 0.6) is 0 Å². The third kappa shape index (κ3) is 2.76. The van der Waals surface area contributed by atoms with Crippen molar-refractivity contribution >= 4 is 35.2 Å². The van der Waals surface area contributed by atoms with Gasteiger partial charge in [0.05, 0.1) is 16.0 Å². The largest absolute Gasteiger partial charge is 0.480 e. The molecule has 20 heavy (non-hydrogen) atoms. The zero-order valence-corrected chi connectivity index (χ0v) is 12.7. The second-order valence-corrected chi connectivity index (χ2v) is 6.19. The first-order valence-electron chi connectivity index (χ1n) is 6.25. The van der Waals surface area contributed by atoms with Crippen LogP contribution >= 0.6 is 23.4 Å². The Bertz CT molecular complexity index is 552. The molecular weight excluding hydrogens is 300 g/mol. The monoisotopic (exact) mass is 314 g/mol. The van der Waals surface area contributed by atoms with E-state index in [1.54, 1.807) is 13.0 Å². The summed E-state index contributed by atoms with van der Waals surface area (Å²) in [5.41, 5.74) is 0.966. The summed E-state index contributed by atoms with van der Waals surface area (Å²) in [6.45, 7) is 3.71. The smallest absolute Gasteiger partial charge is 0.327 e. The number of carboxylic acids is 1. The maximum absolute atomic E-state index is 12.6. The van der Waals surface area contributed by atoms with Crippen molar-refractivity contribution < 1.29 is 14.7 Å². The van der Waals surface area contributed by atoms with Crippen molar-refractivity contribution in [1.82, 2.24) is 9.88 Å². The Balaban J connectivity index is 2.36. The molecule has 1 aromatic heterocycles. The average molecular weight is 315 g/mol. The number of aromatic nitrogens is 1. The van der Waals surface area contributed by atoms with Gasteiger partial charge in [0, 0.05) is 17.6 Å². The Hall–Kier alpha value is -1.27. The van der Waals surface area contributed by atoms with Gasteiger partial charge in [-0.25, -0.2) is 4.79 Å². The predicted molar refractivity (Wildman–Crippen MR) is 78.1 cm³/mol. The third-order valence-electron chi connectivity index (χ3n) is 3.18. The molecule has 0 radical (unpaired) electrons. The van der Waals surface area contributed by atoms with Crippen LogP contribution in [0.1, 0.15) is 29.4 Å². The van der Waals surface area contributed by atoms with Crippen molar-refractivity contribution in [3.63, 3.8) is 0 Å². The Morgan fingerprint density at radius 2 is 2.30 bits per heavy atom. The maximum atomic E-state index is 12.6. The fourth-order valence-electron chi connectivity index (χ4n) is 2.16. The quantitative estimate of drug-likeness (QED) is 0.927. The number of rotatable bonds is 3. The number of thioether (sulfide) groups is 1. The molecule has 1 fully saturated rings. The Morgan fingerprint density at radius 3 is 2.85 bits per heavy atom. The Kier molecular flexibility index (Phi) is 4.55. The molecule has 0 spiro atoms. The van der Waals surface area contributed by atoms with Crippen LogP contribution in [0.4, 0.5) is 0 Å². The lowest BCUT2D eigenvalue weighted by Crippen LogP contribution is -2.45. The van der Waals surface area contributed by atoms with Gasteiger partial charge in [0.25, 0.3) is 5.91 Å². The molecule has 0 aliphatic carbocycles. The van der Waals surface area contributed by atoms with E-state index in [4.69, 9.17) is 11.6 Å². The van der Waals surface area contributed by atoms with E-state index in [9.17, 15) is 14.7 Å². The normalized spacial score (nSPS) is 22.1. The maximum Gasteiger partial charge on any atom is 0.327 e. The van der Waals surface area contributed by atoms with E-state index in [1.165, 1.54) is 22.9 Å². The number of carbonyl (C=O) groups excluding carboxylic acids is 1. The van der Waals surface area contributed by atoms with Crippen LogP contribution in [-0.2, 0) is 4.79 Å². The highest BCUT2D eigenvalue weighted by molar-refractivity contribution is 8.00. The summed E-state index contributed by atoms with van der Waals surface area (Å²) in [4.78, 5) is 29.4. The lowest BCUT2D eigenvalue weighted by atomic mass is 10.2. The van der Waals surface area contributed by atoms with Crippen LogP contribution in [0.25, 0.3) is 0 Å². The van der Waals surface area contributed by atoms with Crippen LogP contribution in [-0.4, -0.2) is 44.0 Å². The molecule has 0 bridgehead atoms. The van der Waals surface area contributed by atoms with Crippen LogP contribution in [0.15, 0.2) is 12.3 Å². The minimum absolute atomic E-state index is 0.138. The minimum atomic E-state index is -0.988. The average Bonchev–Trinajstić information content (AvgIpc) is 2.81. The first-order chi connectivity index (χ1) is 9.45. The van der Waals surface area contributed by atoms with Gasteiger partial charge >= 0.3 is 5.97 Å². The molecule has 7 heteroatoms. The number of halogens is 1. The highest BCUT2D eigenvalue weighted by Gasteiger charge is 2.41. The minimum Gasteiger partial charge on any atom is -0.480 e. The van der Waals surface area contributed by atoms with E-state index in [-0.39, 0.29) is 16.8 Å². The van der Waals surface area contributed by atoms with Gasteiger partial charge in [-0.15, -0.1) is 11.8 Å². The molecule has 5 nitrogen and oxygen atoms in total. The second kappa shape index (κ2) is 6.01. The van der Waals surface area contributed by atoms with Crippen molar-refractivity contribution in [3.05, 3.63) is 28.5 Å². The number of carbonyl (C=O) groups is 2. The lowest BCUT2D eigenvalue weighted by Gasteiger charge is -2.26. The predicted octanol–water partition coefficient (Wildman–Crippen LogP) is 2.42. The molecule has 2 rings (SSSR count). The van der Waals surface area contributed by atoms with E-state index in [0.29, 0.717) is 22.9 Å². The molecule has 1 saturated heterocycles. The number of hydrogen-bond acceptors (Lipinski definition) is 4. The van der Waals surface area contributed by atoms with E-state index < -0.39 is 12.0 Å². The van der Waals surface area contributed by atoms with Gasteiger partial charge in [0.1, 0.15) is 6.04 Å². The van der Waals surface area contributed by atoms with Gasteiger partial charge in [-0.05, 0) is 19.4 Å². The van der Waals surface area contributed by atoms with Gasteiger partial charge in [-0.1, -0.05) is 18.5 Å². The molecule has 0 saturated carbocycles. The van der Waals surface area contributed by atoms with Crippen molar-refractivity contribution in [2.45, 2.75) is 31.7 Å². The number of aliphatic carboxylic acids is 1. The number of amides is 1. The topological polar surface area (TPSA) is 70.5 Å². The second-order valence-electron chi connectivity index (χ2n) is 4.57. The molecule has 1 aromatic rings. The fraction of sp³-hybridized carbons (Fsp3) is 0.462. The fourth-order valence-corrected chi connectivity index (χ4v) is 3.80. The Morgan fingerprint density at radius 1 is 1.60 bits per heavy atom. The first kappa shape index (κ1) is 15.1. The zero-order chi connectivity index (χ0) is 14.9. The zero-order valence-electron chi connectivity index (χ0n) is 11.2. The number of hydrogen-bond donors (Lipinski definition) is 1. The van der Waals surface area contributed by atoms with Gasteiger partial charge in [0.2, 0.25) is 0 Å². The summed E-state index contributed by atoms with van der Waals surface area (Å²) in [7, 11) is 0. The first-order valence-corrected chi connectivity index (χ1v) is 7.67. The summed E-state index contributed by atoms with van der Waals surface area (Å²) in [5, 5.41) is 9.42. The van der Waals surface area contributed by atoms with Crippen molar-refractivity contribution in [2.75, 3.05) is 5.75 Å². The third-order valence-corrected chi connectivity index (χ3v) is 4.95. The van der Waals surface area contributed by atoms with Crippen LogP contribution < -0.4 is 0 Å². The van der Waals surface area contributed by atoms with Gasteiger partial charge in [-0.2, -0.15) is 0 Å². The molecule has 2 atom stereocenters. The molecule has 1 N–H and O–H groups in total. The van der Waals surface area contributed by atoms with Gasteiger partial charge < -0.3 is 10.0 Å². The van der Waals surface area contributed by atoms with E-state index >= 15 is 0 Å². The highest BCUT2D eigenvalue weighted by atomic mass is 35.5. The number of aryl methyl sites for hydroxylation is 1. The SMILES string of the molecule is CCC1SCC(C(=O)O)N1C(=O)c1cnc(C)cc1Cl. The molecular formula is C13H15ClN2O3S. The van der Waals surface area contributed by atoms with Crippen molar-refractivity contribution in [2.24, 2.45) is 0 Å². The summed E-state index contributed by atoms with van der Waals surface area (Å²) >= 11 is 7.56. The summed E-state index contributed by atoms with van der Waals surface area (Å²) in [6, 6.07) is 0.796. The molecule has 1 aliphatic rings. The van der Waals surface area contributed by atoms with Crippen LogP contribution in [0, 0.1) is 6.92 Å². The van der Waals surface area contributed by atoms with Crippen molar-refractivity contribution in [1.29, 1.82) is 0 Å². The highest BCUT2D eigenvalue weighted by Crippen LogP contribution is 2.33. The standard InChI is InChI=1S/C13H15ClN2O3S/c1-3-11-16(10(6-20-11)13(18)19)12(17)8-5-15-7(2)4-9(8)14/h4-5,10-11H,3,6H2,1-2H3,(H,18,19). The van der Waals surface area contributed by atoms with E-state index in [1.807, 2.05) is 6.92 Å². The molecule has 108 valence electrons. The summed E-state index contributed by atoms with van der Waals surface area (Å²) in [6.07, 6.45) is 2.10. The van der Waals surface area contributed by atoms with E-state index in [2.05, 4.69) is 4.98 Å². The van der Waals surface area contributed by atoms with Gasteiger partial charge in [-0.3, -0.25) is 9.78 Å². The number of nitrogens with zero attached hydrogens (tertiary/aromatic N) is 2. The molecule has 1 amide bonds. The number of carboxylic acid groups (broad SMARTS) is 1. The molecule has 0 aromatic carbocycles. The molecule has 2 heterocycles. The van der Waals surface area contributed by atoms with Gasteiger partial charge in [0.15, 0.2) is 0 Å². The van der Waals surface area contributed by atoms with Crippen molar-refractivity contribution in [3.8, 4) is 0 Å². The number of pyridine rings is 1. The van der Waals surface area contributed by atoms with Crippen LogP contribution in [0.3, 0.4) is 0 Å². The lowest BCUT2D eigenvalue weighted by molar-refractivity contribution is -0.141. The van der Waals surface area contributed by atoms with E-state index in [0.717, 1.165) is 0 Å². The summed E-state index contributed by atoms with van der Waals surface area (Å²) < 4.78 is 0. The summed E-state index contributed by atoms with van der Waals surface area (Å²) in [5.74, 6) is -0.957. The van der Waals surface area contributed by atoms with Crippen LogP contribution in [0.2, 0.25) is 5.02 Å². The molecule has 2 unspecified atom stereocenters. The molecule has 1 aliphatic heterocycles.